The number of nitriles is 2. The van der Waals surface area contributed by atoms with Crippen LogP contribution in [0.25, 0.3) is 5.57 Å². The zero-order valence-electron chi connectivity index (χ0n) is 21.2. The average molecular weight is 538 g/mol. The van der Waals surface area contributed by atoms with Crippen LogP contribution < -0.4 is 4.31 Å². The van der Waals surface area contributed by atoms with Gasteiger partial charge in [0.25, 0.3) is 15.9 Å². The van der Waals surface area contributed by atoms with Crippen molar-refractivity contribution in [2.45, 2.75) is 30.6 Å². The van der Waals surface area contributed by atoms with Gasteiger partial charge in [0.2, 0.25) is 0 Å². The molecule has 9 heteroatoms. The number of carbonyl (C=O) groups is 2. The molecule has 3 aromatic carbocycles. The third kappa shape index (κ3) is 3.44. The Labute approximate surface area is 226 Å². The number of benzene rings is 3. The van der Waals surface area contributed by atoms with Crippen molar-refractivity contribution in [1.82, 2.24) is 0 Å². The number of para-hydroxylation sites is 1. The summed E-state index contributed by atoms with van der Waals surface area (Å²) in [6, 6.07) is 24.8. The van der Waals surface area contributed by atoms with Gasteiger partial charge in [-0.1, -0.05) is 66.2 Å². The molecule has 3 aromatic rings. The quantitative estimate of drug-likeness (QED) is 0.441. The van der Waals surface area contributed by atoms with Crippen LogP contribution >= 0.6 is 0 Å². The molecule has 5 rings (SSSR count). The monoisotopic (exact) mass is 537 g/mol. The molecule has 194 valence electrons. The SMILES string of the molecule is CCOC(=O)C1=C(c2ccccc2)C(C#N)(C#N)C2(C1)C(=O)N(S(=O)(=O)c1ccc(C)cc1)c1ccccc12. The molecule has 1 heterocycles. The Morgan fingerprint density at radius 3 is 2.21 bits per heavy atom. The lowest BCUT2D eigenvalue weighted by molar-refractivity contribution is -0.138. The topological polar surface area (TPSA) is 128 Å². The van der Waals surface area contributed by atoms with Crippen molar-refractivity contribution < 1.29 is 22.7 Å². The summed E-state index contributed by atoms with van der Waals surface area (Å²) in [5.74, 6) is -1.74. The normalized spacial score (nSPS) is 19.5. The highest BCUT2D eigenvalue weighted by molar-refractivity contribution is 7.93. The number of rotatable bonds is 5. The molecule has 1 aliphatic carbocycles. The fourth-order valence-corrected chi connectivity index (χ4v) is 7.12. The molecule has 8 nitrogen and oxygen atoms in total. The largest absolute Gasteiger partial charge is 0.463 e. The number of ether oxygens (including phenoxy) is 1. The Bertz CT molecular complexity index is 1720. The van der Waals surface area contributed by atoms with E-state index in [1.165, 1.54) is 24.3 Å². The second kappa shape index (κ2) is 9.23. The smallest absolute Gasteiger partial charge is 0.334 e. The van der Waals surface area contributed by atoms with Crippen LogP contribution in [0.4, 0.5) is 5.69 Å². The fourth-order valence-electron chi connectivity index (χ4n) is 5.64. The maximum Gasteiger partial charge on any atom is 0.334 e. The van der Waals surface area contributed by atoms with Crippen LogP contribution in [-0.2, 0) is 29.8 Å². The van der Waals surface area contributed by atoms with E-state index in [-0.39, 0.29) is 40.3 Å². The van der Waals surface area contributed by atoms with Crippen LogP contribution in [0.2, 0.25) is 0 Å². The molecule has 1 spiro atoms. The van der Waals surface area contributed by atoms with Crippen LogP contribution in [0, 0.1) is 35.0 Å². The van der Waals surface area contributed by atoms with E-state index >= 15 is 0 Å². The summed E-state index contributed by atoms with van der Waals surface area (Å²) >= 11 is 0. The van der Waals surface area contributed by atoms with Crippen molar-refractivity contribution in [3.63, 3.8) is 0 Å². The summed E-state index contributed by atoms with van der Waals surface area (Å²) in [5, 5.41) is 21.4. The summed E-state index contributed by atoms with van der Waals surface area (Å²) in [6.45, 7) is 3.46. The molecule has 1 amide bonds. The number of carbonyl (C=O) groups excluding carboxylic acids is 2. The van der Waals surface area contributed by atoms with Gasteiger partial charge in [0.1, 0.15) is 5.41 Å². The molecule has 0 aromatic heterocycles. The first-order valence-electron chi connectivity index (χ1n) is 12.2. The lowest BCUT2D eigenvalue weighted by Gasteiger charge is -2.34. The molecule has 0 bridgehead atoms. The van der Waals surface area contributed by atoms with E-state index < -0.39 is 32.7 Å². The maximum absolute atomic E-state index is 14.6. The molecule has 0 N–H and O–H groups in total. The Morgan fingerprint density at radius 2 is 1.59 bits per heavy atom. The number of esters is 1. The Morgan fingerprint density at radius 1 is 0.974 bits per heavy atom. The fraction of sp³-hybridized carbons (Fsp3) is 0.200. The number of fused-ring (bicyclic) bond motifs is 2. The van der Waals surface area contributed by atoms with E-state index in [0.717, 1.165) is 5.56 Å². The van der Waals surface area contributed by atoms with Crippen LogP contribution in [0.3, 0.4) is 0 Å². The summed E-state index contributed by atoms with van der Waals surface area (Å²) in [5.41, 5.74) is -2.77. The molecular weight excluding hydrogens is 514 g/mol. The van der Waals surface area contributed by atoms with E-state index in [9.17, 15) is 28.5 Å². The number of anilines is 1. The van der Waals surface area contributed by atoms with Crippen LogP contribution in [-0.4, -0.2) is 26.9 Å². The van der Waals surface area contributed by atoms with Gasteiger partial charge in [-0.05, 0) is 43.2 Å². The molecule has 1 atom stereocenters. The summed E-state index contributed by atoms with van der Waals surface area (Å²) in [7, 11) is -4.45. The van der Waals surface area contributed by atoms with E-state index in [1.807, 2.05) is 6.92 Å². The van der Waals surface area contributed by atoms with Gasteiger partial charge in [0.05, 0.1) is 29.3 Å². The maximum atomic E-state index is 14.6. The molecule has 0 saturated carbocycles. The zero-order valence-corrected chi connectivity index (χ0v) is 22.0. The van der Waals surface area contributed by atoms with Gasteiger partial charge in [-0.2, -0.15) is 10.5 Å². The molecule has 39 heavy (non-hydrogen) atoms. The van der Waals surface area contributed by atoms with Gasteiger partial charge in [-0.3, -0.25) is 4.79 Å². The average Bonchev–Trinajstić information content (AvgIpc) is 3.40. The zero-order chi connectivity index (χ0) is 28.0. The highest BCUT2D eigenvalue weighted by Crippen LogP contribution is 2.65. The van der Waals surface area contributed by atoms with Crippen molar-refractivity contribution in [2.75, 3.05) is 10.9 Å². The molecule has 0 fully saturated rings. The third-order valence-corrected chi connectivity index (χ3v) is 9.08. The minimum absolute atomic E-state index is 0.0103. The van der Waals surface area contributed by atoms with Gasteiger partial charge in [0.15, 0.2) is 5.41 Å². The summed E-state index contributed by atoms with van der Waals surface area (Å²) in [6.07, 6.45) is -0.382. The molecular formula is C30H23N3O5S. The van der Waals surface area contributed by atoms with Crippen LogP contribution in [0.15, 0.2) is 89.3 Å². The second-order valence-corrected chi connectivity index (χ2v) is 11.2. The van der Waals surface area contributed by atoms with Crippen molar-refractivity contribution in [3.05, 3.63) is 101 Å². The molecule has 2 aliphatic rings. The van der Waals surface area contributed by atoms with E-state index in [2.05, 4.69) is 12.1 Å². The number of aryl methyl sites for hydroxylation is 1. The number of hydrogen-bond donors (Lipinski definition) is 0. The number of amides is 1. The van der Waals surface area contributed by atoms with Crippen LogP contribution in [0.5, 0.6) is 0 Å². The number of hydrogen-bond acceptors (Lipinski definition) is 7. The van der Waals surface area contributed by atoms with Crippen molar-refractivity contribution in [1.29, 1.82) is 10.5 Å². The van der Waals surface area contributed by atoms with Gasteiger partial charge in [-0.25, -0.2) is 17.5 Å². The van der Waals surface area contributed by atoms with Crippen molar-refractivity contribution in [3.8, 4) is 12.1 Å². The Balaban J connectivity index is 1.83. The third-order valence-electron chi connectivity index (χ3n) is 7.37. The van der Waals surface area contributed by atoms with Crippen LogP contribution in [0.1, 0.15) is 30.0 Å². The minimum Gasteiger partial charge on any atom is -0.463 e. The summed E-state index contributed by atoms with van der Waals surface area (Å²) in [4.78, 5) is 27.8. The highest BCUT2D eigenvalue weighted by Gasteiger charge is 2.72. The first kappa shape index (κ1) is 25.9. The number of allylic oxidation sites excluding steroid dienone is 1. The predicted octanol–water partition coefficient (Wildman–Crippen LogP) is 4.42. The Hall–Kier alpha value is -4.73. The Kier molecular flexibility index (Phi) is 6.13. The number of nitrogens with zero attached hydrogens (tertiary/aromatic N) is 3. The van der Waals surface area contributed by atoms with Crippen molar-refractivity contribution in [2.24, 2.45) is 5.41 Å². The molecule has 1 unspecified atom stereocenters. The van der Waals surface area contributed by atoms with E-state index in [0.29, 0.717) is 9.87 Å². The van der Waals surface area contributed by atoms with Gasteiger partial charge < -0.3 is 4.74 Å². The lowest BCUT2D eigenvalue weighted by atomic mass is 9.60. The summed E-state index contributed by atoms with van der Waals surface area (Å²) < 4.78 is 33.9. The standard InChI is InChI=1S/C30H23N3O5S/c1-3-38-27(34)23-17-30(29(18-31,19-32)26(23)21-9-5-4-6-10-21)24-11-7-8-12-25(24)33(28(30)35)39(36,37)22-15-13-20(2)14-16-22/h4-16H,3,17H2,1-2H3. The number of sulfonamides is 1. The second-order valence-electron chi connectivity index (χ2n) is 9.40. The van der Waals surface area contributed by atoms with Gasteiger partial charge in [0, 0.05) is 17.6 Å². The van der Waals surface area contributed by atoms with E-state index in [1.54, 1.807) is 61.5 Å². The highest BCUT2D eigenvalue weighted by atomic mass is 32.2. The van der Waals surface area contributed by atoms with E-state index in [4.69, 9.17) is 4.74 Å². The van der Waals surface area contributed by atoms with Gasteiger partial charge in [-0.15, -0.1) is 0 Å². The van der Waals surface area contributed by atoms with Gasteiger partial charge >= 0.3 is 5.97 Å². The molecule has 0 saturated heterocycles. The minimum atomic E-state index is -4.45. The first-order valence-corrected chi connectivity index (χ1v) is 13.7. The first-order chi connectivity index (χ1) is 18.7. The molecule has 1 aliphatic heterocycles. The van der Waals surface area contributed by atoms with Crippen molar-refractivity contribution >= 4 is 33.2 Å². The predicted molar refractivity (Wildman–Crippen MR) is 142 cm³/mol. The lowest BCUT2D eigenvalue weighted by Crippen LogP contribution is -2.51. The molecule has 0 radical (unpaired) electrons.